The third kappa shape index (κ3) is 3.27. The minimum absolute atomic E-state index is 0.810. The van der Waals surface area contributed by atoms with Gasteiger partial charge in [-0.15, -0.1) is 5.73 Å². The predicted molar refractivity (Wildman–Crippen MR) is 67.8 cm³/mol. The topological polar surface area (TPSA) is 0 Å². The maximum absolute atomic E-state index is 3.14. The molecule has 0 bridgehead atoms. The largest absolute Gasteiger partial charge is 0.115 e. The second kappa shape index (κ2) is 5.75. The van der Waals surface area contributed by atoms with Crippen molar-refractivity contribution in [2.24, 2.45) is 0 Å². The van der Waals surface area contributed by atoms with Crippen LogP contribution in [0.4, 0.5) is 0 Å². The highest BCUT2D eigenvalue weighted by Gasteiger charge is 1.85. The van der Waals surface area contributed by atoms with Crippen LogP contribution in [0.25, 0.3) is 6.08 Å². The van der Waals surface area contributed by atoms with Crippen molar-refractivity contribution in [3.63, 3.8) is 0 Å². The number of hydrogen-bond donors (Lipinski definition) is 0. The van der Waals surface area contributed by atoms with Crippen molar-refractivity contribution in [1.29, 1.82) is 0 Å². The minimum Gasteiger partial charge on any atom is -0.115 e. The molecular weight excluding hydrogens is 192 g/mol. The zero-order chi connectivity index (χ0) is 11.1. The van der Waals surface area contributed by atoms with Crippen LogP contribution < -0.4 is 0 Å². The van der Waals surface area contributed by atoms with Gasteiger partial charge in [0.25, 0.3) is 0 Å². The van der Waals surface area contributed by atoms with Crippen molar-refractivity contribution >= 4 is 6.08 Å². The summed E-state index contributed by atoms with van der Waals surface area (Å²) in [6, 6.07) is 20.4. The van der Waals surface area contributed by atoms with E-state index in [2.05, 4.69) is 36.1 Å². The second-order valence-corrected chi connectivity index (χ2v) is 3.54. The molecule has 77 valence electrons. The van der Waals surface area contributed by atoms with Crippen molar-refractivity contribution < 1.29 is 0 Å². The summed E-state index contributed by atoms with van der Waals surface area (Å²) >= 11 is 0. The fraction of sp³-hybridized carbons (Fsp3) is 0.0625. The van der Waals surface area contributed by atoms with Gasteiger partial charge in [-0.1, -0.05) is 60.7 Å². The third-order valence-electron chi connectivity index (χ3n) is 2.28. The molecule has 0 amide bonds. The summed E-state index contributed by atoms with van der Waals surface area (Å²) in [5, 5.41) is 0. The lowest BCUT2D eigenvalue weighted by molar-refractivity contribution is 1.24. The van der Waals surface area contributed by atoms with Gasteiger partial charge in [-0.3, -0.25) is 0 Å². The zero-order valence-corrected chi connectivity index (χ0v) is 9.06. The molecule has 0 saturated carbocycles. The van der Waals surface area contributed by atoms with E-state index in [0.717, 1.165) is 12.0 Å². The Kier molecular flexibility index (Phi) is 3.76. The lowest BCUT2D eigenvalue weighted by atomic mass is 10.1. The lowest BCUT2D eigenvalue weighted by Crippen LogP contribution is -1.77. The van der Waals surface area contributed by atoms with E-state index in [4.69, 9.17) is 0 Å². The molecule has 0 aliphatic carbocycles. The van der Waals surface area contributed by atoms with E-state index in [9.17, 15) is 0 Å². The maximum atomic E-state index is 3.14. The Bertz CT molecular complexity index is 474. The van der Waals surface area contributed by atoms with Crippen LogP contribution in [0.15, 0.2) is 66.4 Å². The molecule has 2 rings (SSSR count). The van der Waals surface area contributed by atoms with Crippen LogP contribution in [0.2, 0.25) is 0 Å². The summed E-state index contributed by atoms with van der Waals surface area (Å²) in [5.74, 6) is 0. The number of hydrogen-bond acceptors (Lipinski definition) is 0. The molecule has 1 radical (unpaired) electrons. The molecule has 0 atom stereocenters. The van der Waals surface area contributed by atoms with Crippen LogP contribution in [0.3, 0.4) is 0 Å². The predicted octanol–water partition coefficient (Wildman–Crippen LogP) is 3.90. The first kappa shape index (κ1) is 10.5. The maximum Gasteiger partial charge on any atom is 0.00962 e. The first-order valence-electron chi connectivity index (χ1n) is 5.36. The fourth-order valence-electron chi connectivity index (χ4n) is 1.43. The van der Waals surface area contributed by atoms with Crippen molar-refractivity contribution in [3.8, 4) is 0 Å². The molecule has 16 heavy (non-hydrogen) atoms. The number of allylic oxidation sites excluding steroid dienone is 1. The molecule has 0 unspecified atom stereocenters. The van der Waals surface area contributed by atoms with Gasteiger partial charge >= 0.3 is 0 Å². The molecule has 0 nitrogen and oxygen atoms in total. The van der Waals surface area contributed by atoms with Gasteiger partial charge < -0.3 is 0 Å². The van der Waals surface area contributed by atoms with E-state index >= 15 is 0 Å². The highest BCUT2D eigenvalue weighted by atomic mass is 13.9. The summed E-state index contributed by atoms with van der Waals surface area (Å²) in [6.07, 6.45) is 5.90. The Morgan fingerprint density at radius 2 is 1.44 bits per heavy atom. The zero-order valence-electron chi connectivity index (χ0n) is 9.06. The molecule has 0 heteroatoms. The Balaban J connectivity index is 1.98. The van der Waals surface area contributed by atoms with Crippen LogP contribution in [0.1, 0.15) is 11.1 Å². The normalized spacial score (nSPS) is 9.25. The number of rotatable bonds is 3. The van der Waals surface area contributed by atoms with Gasteiger partial charge in [-0.05, 0) is 17.2 Å². The fourth-order valence-corrected chi connectivity index (χ4v) is 1.43. The standard InChI is InChI=1S/C16H13/c1-3-9-15(10-4-1)13-7-8-14-16-11-5-2-6-12-16/h1-6,9-13H,14H2. The van der Waals surface area contributed by atoms with Crippen molar-refractivity contribution in [2.75, 3.05) is 0 Å². The van der Waals surface area contributed by atoms with Crippen molar-refractivity contribution in [2.45, 2.75) is 6.42 Å². The van der Waals surface area contributed by atoms with Gasteiger partial charge in [-0.25, -0.2) is 0 Å². The summed E-state index contributed by atoms with van der Waals surface area (Å²) in [6.45, 7) is 0. The molecule has 0 N–H and O–H groups in total. The van der Waals surface area contributed by atoms with E-state index in [-0.39, 0.29) is 0 Å². The monoisotopic (exact) mass is 205 g/mol. The van der Waals surface area contributed by atoms with E-state index < -0.39 is 0 Å². The Labute approximate surface area is 96.6 Å². The highest BCUT2D eigenvalue weighted by Crippen LogP contribution is 2.01. The molecule has 0 fully saturated rings. The van der Waals surface area contributed by atoms with Crippen LogP contribution in [0.5, 0.6) is 0 Å². The van der Waals surface area contributed by atoms with Crippen molar-refractivity contribution in [1.82, 2.24) is 0 Å². The van der Waals surface area contributed by atoms with E-state index in [1.165, 1.54) is 5.56 Å². The average Bonchev–Trinajstić information content (AvgIpc) is 2.37. The second-order valence-electron chi connectivity index (χ2n) is 3.54. The quantitative estimate of drug-likeness (QED) is 0.667. The average molecular weight is 205 g/mol. The molecule has 0 aliphatic heterocycles. The molecule has 2 aromatic carbocycles. The molecule has 0 aliphatic rings. The summed E-state index contributed by atoms with van der Waals surface area (Å²) < 4.78 is 0. The van der Waals surface area contributed by atoms with Crippen LogP contribution in [-0.4, -0.2) is 0 Å². The number of benzene rings is 2. The first-order valence-corrected chi connectivity index (χ1v) is 5.36. The van der Waals surface area contributed by atoms with E-state index in [1.54, 1.807) is 0 Å². The highest BCUT2D eigenvalue weighted by molar-refractivity contribution is 5.47. The van der Waals surface area contributed by atoms with Gasteiger partial charge in [0.05, 0.1) is 0 Å². The van der Waals surface area contributed by atoms with Gasteiger partial charge in [0.2, 0.25) is 0 Å². The van der Waals surface area contributed by atoms with Gasteiger partial charge in [0.15, 0.2) is 0 Å². The minimum atomic E-state index is 0.810. The van der Waals surface area contributed by atoms with Crippen LogP contribution >= 0.6 is 0 Å². The summed E-state index contributed by atoms with van der Waals surface area (Å²) in [7, 11) is 0. The molecule has 0 spiro atoms. The first-order chi connectivity index (χ1) is 7.95. The van der Waals surface area contributed by atoms with Gasteiger partial charge in [0.1, 0.15) is 0 Å². The Morgan fingerprint density at radius 1 is 0.812 bits per heavy atom. The molecule has 0 heterocycles. The SMILES string of the molecule is [C](=C=Cc1ccccc1)Cc1ccccc1. The lowest BCUT2D eigenvalue weighted by Gasteiger charge is -1.91. The Morgan fingerprint density at radius 3 is 2.12 bits per heavy atom. The smallest absolute Gasteiger partial charge is 0.00962 e. The summed E-state index contributed by atoms with van der Waals surface area (Å²) in [5.41, 5.74) is 5.49. The van der Waals surface area contributed by atoms with E-state index in [0.29, 0.717) is 0 Å². The molecule has 0 saturated heterocycles. The van der Waals surface area contributed by atoms with Crippen LogP contribution in [-0.2, 0) is 6.42 Å². The van der Waals surface area contributed by atoms with Gasteiger partial charge in [-0.2, -0.15) is 0 Å². The molecule has 2 aromatic rings. The van der Waals surface area contributed by atoms with Crippen molar-refractivity contribution in [3.05, 3.63) is 83.6 Å². The third-order valence-corrected chi connectivity index (χ3v) is 2.28. The van der Waals surface area contributed by atoms with Crippen LogP contribution in [0, 0.1) is 6.08 Å². The Hall–Kier alpha value is -2.04. The van der Waals surface area contributed by atoms with E-state index in [1.807, 2.05) is 42.5 Å². The van der Waals surface area contributed by atoms with Gasteiger partial charge in [0, 0.05) is 12.5 Å². The molecule has 0 aromatic heterocycles. The summed E-state index contributed by atoms with van der Waals surface area (Å²) in [4.78, 5) is 0. The molecular formula is C16H13.